The first-order valence-electron chi connectivity index (χ1n) is 24.4. The first-order valence-corrected chi connectivity index (χ1v) is 24.4. The van der Waals surface area contributed by atoms with Gasteiger partial charge in [-0.2, -0.15) is 0 Å². The van der Waals surface area contributed by atoms with Crippen molar-refractivity contribution in [2.75, 3.05) is 19.8 Å². The lowest BCUT2D eigenvalue weighted by molar-refractivity contribution is -0.359. The normalized spacial score (nSPS) is 28.0. The van der Waals surface area contributed by atoms with Crippen LogP contribution in [0.5, 0.6) is 0 Å². The van der Waals surface area contributed by atoms with Crippen molar-refractivity contribution in [2.24, 2.45) is 0 Å². The number of hydrogen-bond acceptors (Lipinski definition) is 13. The molecule has 360 valence electrons. The summed E-state index contributed by atoms with van der Waals surface area (Å²) in [5.74, 6) is -0.239. The second-order valence-electron chi connectivity index (χ2n) is 17.6. The molecule has 2 heterocycles. The molecule has 12 atom stereocenters. The Labute approximate surface area is 367 Å². The van der Waals surface area contributed by atoms with Crippen molar-refractivity contribution in [3.8, 4) is 0 Å². The molecule has 2 fully saturated rings. The number of carbonyl (C=O) groups excluding carboxylic acids is 1. The fourth-order valence-corrected chi connectivity index (χ4v) is 8.17. The maximum Gasteiger partial charge on any atom is 0.220 e. The van der Waals surface area contributed by atoms with Crippen LogP contribution in [0, 0.1) is 0 Å². The minimum Gasteiger partial charge on any atom is -0.394 e. The smallest absolute Gasteiger partial charge is 0.220 e. The Bertz CT molecular complexity index is 1080. The van der Waals surface area contributed by atoms with E-state index < -0.39 is 86.8 Å². The first-order chi connectivity index (χ1) is 29.6. The van der Waals surface area contributed by atoms with Crippen LogP contribution in [0.15, 0.2) is 12.2 Å². The Morgan fingerprint density at radius 3 is 1.51 bits per heavy atom. The number of ether oxygens (including phenoxy) is 4. The van der Waals surface area contributed by atoms with Crippen LogP contribution in [0.4, 0.5) is 0 Å². The highest BCUT2D eigenvalue weighted by Crippen LogP contribution is 2.30. The Hall–Kier alpha value is -1.27. The molecule has 2 saturated heterocycles. The van der Waals surface area contributed by atoms with Crippen molar-refractivity contribution in [2.45, 2.75) is 261 Å². The highest BCUT2D eigenvalue weighted by molar-refractivity contribution is 5.76. The van der Waals surface area contributed by atoms with Gasteiger partial charge in [0.05, 0.1) is 32.0 Å². The number of unbranched alkanes of at least 4 members (excludes halogenated alkanes) is 24. The molecule has 0 aromatic carbocycles. The van der Waals surface area contributed by atoms with Gasteiger partial charge in [0.1, 0.15) is 48.8 Å². The lowest BCUT2D eigenvalue weighted by Crippen LogP contribution is -2.65. The number of amides is 1. The van der Waals surface area contributed by atoms with Gasteiger partial charge in [0, 0.05) is 6.42 Å². The summed E-state index contributed by atoms with van der Waals surface area (Å²) in [6, 6.07) is -0.906. The Morgan fingerprint density at radius 2 is 1.02 bits per heavy atom. The molecule has 9 N–H and O–H groups in total. The molecule has 61 heavy (non-hydrogen) atoms. The van der Waals surface area contributed by atoms with Gasteiger partial charge in [-0.1, -0.05) is 174 Å². The van der Waals surface area contributed by atoms with E-state index in [1.807, 2.05) is 6.08 Å². The number of aliphatic hydroxyl groups is 8. The summed E-state index contributed by atoms with van der Waals surface area (Å²) in [5.41, 5.74) is 0. The molecule has 0 aromatic rings. The summed E-state index contributed by atoms with van der Waals surface area (Å²) in [4.78, 5) is 13.1. The standard InChI is InChI=1S/C47H89NO13/c1-3-5-7-9-11-13-15-17-19-21-23-25-27-29-31-39(52)48-35(36(51)30-28-26-24-22-20-18-16-14-12-10-8-6-4-2)34-58-46-44(57)42(55)45(38(33-50)60-46)61-47-43(56)41(54)40(53)37(32-49)59-47/h28,30,35-38,40-47,49-51,53-57H,3-27,29,31-34H2,1-2H3,(H,48,52)/b30-28+/t35-,36+,37+,38+,40-,41?,42?,43?,44?,45+,46+,47-/m0/s1. The van der Waals surface area contributed by atoms with Gasteiger partial charge in [-0.05, 0) is 19.3 Å². The Balaban J connectivity index is 1.88. The van der Waals surface area contributed by atoms with Gasteiger partial charge >= 0.3 is 0 Å². The van der Waals surface area contributed by atoms with Crippen LogP contribution in [0.1, 0.15) is 187 Å². The maximum absolute atomic E-state index is 13.1. The van der Waals surface area contributed by atoms with Gasteiger partial charge in [0.2, 0.25) is 5.91 Å². The molecule has 2 rings (SSSR count). The average molecular weight is 876 g/mol. The minimum atomic E-state index is -1.78. The largest absolute Gasteiger partial charge is 0.394 e. The van der Waals surface area contributed by atoms with Gasteiger partial charge < -0.3 is 65.1 Å². The lowest BCUT2D eigenvalue weighted by atomic mass is 9.97. The van der Waals surface area contributed by atoms with E-state index in [9.17, 15) is 45.6 Å². The second kappa shape index (κ2) is 35.0. The van der Waals surface area contributed by atoms with E-state index in [-0.39, 0.29) is 18.9 Å². The summed E-state index contributed by atoms with van der Waals surface area (Å²) >= 11 is 0. The van der Waals surface area contributed by atoms with Gasteiger partial charge in [-0.15, -0.1) is 0 Å². The summed E-state index contributed by atoms with van der Waals surface area (Å²) in [6.07, 6.45) is 18.2. The van der Waals surface area contributed by atoms with E-state index in [1.54, 1.807) is 6.08 Å². The van der Waals surface area contributed by atoms with Crippen LogP contribution in [-0.4, -0.2) is 140 Å². The van der Waals surface area contributed by atoms with Crippen LogP contribution in [0.3, 0.4) is 0 Å². The lowest BCUT2D eigenvalue weighted by Gasteiger charge is -2.46. The van der Waals surface area contributed by atoms with Crippen molar-refractivity contribution >= 4 is 5.91 Å². The third-order valence-electron chi connectivity index (χ3n) is 12.2. The molecule has 14 nitrogen and oxygen atoms in total. The molecule has 0 spiro atoms. The molecule has 14 heteroatoms. The molecule has 0 radical (unpaired) electrons. The molecule has 0 saturated carbocycles. The zero-order valence-corrected chi connectivity index (χ0v) is 37.9. The Kier molecular flexibility index (Phi) is 32.1. The summed E-state index contributed by atoms with van der Waals surface area (Å²) in [7, 11) is 0. The molecule has 0 bridgehead atoms. The predicted octanol–water partition coefficient (Wildman–Crippen LogP) is 5.60. The Morgan fingerprint density at radius 1 is 0.574 bits per heavy atom. The van der Waals surface area contributed by atoms with Gasteiger partial charge in [0.15, 0.2) is 12.6 Å². The predicted molar refractivity (Wildman–Crippen MR) is 235 cm³/mol. The second-order valence-corrected chi connectivity index (χ2v) is 17.6. The van der Waals surface area contributed by atoms with Crippen LogP contribution in [-0.2, 0) is 23.7 Å². The number of carbonyl (C=O) groups is 1. The number of aliphatic hydroxyl groups excluding tert-OH is 8. The van der Waals surface area contributed by atoms with Crippen molar-refractivity contribution in [1.82, 2.24) is 5.32 Å². The zero-order valence-electron chi connectivity index (χ0n) is 37.9. The molecule has 2 aliphatic rings. The fraction of sp³-hybridized carbons (Fsp3) is 0.936. The third kappa shape index (κ3) is 23.0. The van der Waals surface area contributed by atoms with Crippen molar-refractivity contribution in [1.29, 1.82) is 0 Å². The SMILES string of the molecule is CCCCCCCCCCCCC/C=C/[C@@H](O)[C@H](CO[C@@H]1O[C@H](CO)[C@@H](O[C@@H]2O[C@H](CO)[C@H](O)C(O)C2O)C(O)C1O)NC(=O)CCCCCCCCCCCCCCCC. The van der Waals surface area contributed by atoms with E-state index in [2.05, 4.69) is 19.2 Å². The summed E-state index contributed by atoms with van der Waals surface area (Å²) in [6.45, 7) is 2.77. The molecular weight excluding hydrogens is 787 g/mol. The van der Waals surface area contributed by atoms with E-state index >= 15 is 0 Å². The maximum atomic E-state index is 13.1. The molecule has 4 unspecified atom stereocenters. The third-order valence-corrected chi connectivity index (χ3v) is 12.2. The van der Waals surface area contributed by atoms with Gasteiger partial charge in [-0.25, -0.2) is 0 Å². The summed E-state index contributed by atoms with van der Waals surface area (Å²) < 4.78 is 22.7. The highest BCUT2D eigenvalue weighted by atomic mass is 16.7. The molecule has 0 aromatic heterocycles. The van der Waals surface area contributed by atoms with Crippen molar-refractivity contribution in [3.05, 3.63) is 12.2 Å². The highest BCUT2D eigenvalue weighted by Gasteiger charge is 2.51. The average Bonchev–Trinajstić information content (AvgIpc) is 3.26. The monoisotopic (exact) mass is 876 g/mol. The molecule has 2 aliphatic heterocycles. The number of rotatable bonds is 37. The van der Waals surface area contributed by atoms with Crippen LogP contribution < -0.4 is 5.32 Å². The van der Waals surface area contributed by atoms with E-state index in [0.717, 1.165) is 38.5 Å². The van der Waals surface area contributed by atoms with Crippen LogP contribution in [0.2, 0.25) is 0 Å². The number of allylic oxidation sites excluding steroid dienone is 1. The quantitative estimate of drug-likeness (QED) is 0.0274. The van der Waals surface area contributed by atoms with Crippen LogP contribution >= 0.6 is 0 Å². The van der Waals surface area contributed by atoms with E-state index in [0.29, 0.717) is 6.42 Å². The van der Waals surface area contributed by atoms with Crippen molar-refractivity contribution in [3.63, 3.8) is 0 Å². The fourth-order valence-electron chi connectivity index (χ4n) is 8.17. The summed E-state index contributed by atoms with van der Waals surface area (Å²) in [5, 5.41) is 86.6. The zero-order chi connectivity index (χ0) is 44.7. The number of hydrogen-bond donors (Lipinski definition) is 9. The van der Waals surface area contributed by atoms with E-state index in [4.69, 9.17) is 18.9 Å². The molecule has 0 aliphatic carbocycles. The van der Waals surface area contributed by atoms with Gasteiger partial charge in [0.25, 0.3) is 0 Å². The molecule has 1 amide bonds. The topological polar surface area (TPSA) is 228 Å². The minimum absolute atomic E-state index is 0.239. The first kappa shape index (κ1) is 55.9. The number of nitrogens with one attached hydrogen (secondary N) is 1. The van der Waals surface area contributed by atoms with Crippen molar-refractivity contribution < 1.29 is 64.6 Å². The van der Waals surface area contributed by atoms with Gasteiger partial charge in [-0.3, -0.25) is 4.79 Å². The van der Waals surface area contributed by atoms with Crippen LogP contribution in [0.25, 0.3) is 0 Å². The van der Waals surface area contributed by atoms with E-state index in [1.165, 1.54) is 122 Å². The molecular formula is C47H89NO13.